The summed E-state index contributed by atoms with van der Waals surface area (Å²) >= 11 is 1.64. The van der Waals surface area contributed by atoms with Crippen LogP contribution in [0.2, 0.25) is 0 Å². The second-order valence-corrected chi connectivity index (χ2v) is 5.02. The third kappa shape index (κ3) is 3.21. The van der Waals surface area contributed by atoms with E-state index in [9.17, 15) is 4.39 Å². The Morgan fingerprint density at radius 1 is 1.40 bits per heavy atom. The van der Waals surface area contributed by atoms with Crippen LogP contribution in [0.5, 0.6) is 0 Å². The molecule has 0 radical (unpaired) electrons. The fraction of sp³-hybridized carbons (Fsp3) is 0.500. The lowest BCUT2D eigenvalue weighted by Gasteiger charge is -2.22. The van der Waals surface area contributed by atoms with Crippen molar-refractivity contribution in [1.29, 1.82) is 0 Å². The largest absolute Gasteiger partial charge is 0.316 e. The molecule has 0 aromatic heterocycles. The van der Waals surface area contributed by atoms with Gasteiger partial charge in [0, 0.05) is 10.6 Å². The van der Waals surface area contributed by atoms with Gasteiger partial charge in [-0.25, -0.2) is 4.39 Å². The standard InChI is InChI=1S/C12H16FNS/c13-11-5-1-2-6-12(11)15-9-10-4-3-7-14-8-10/h1-2,5-6,10,14H,3-4,7-9H2. The predicted octanol–water partition coefficient (Wildman–Crippen LogP) is 2.92. The van der Waals surface area contributed by atoms with Gasteiger partial charge in [-0.1, -0.05) is 12.1 Å². The quantitative estimate of drug-likeness (QED) is 0.794. The summed E-state index contributed by atoms with van der Waals surface area (Å²) in [5.74, 6) is 1.63. The number of nitrogens with one attached hydrogen (secondary N) is 1. The highest BCUT2D eigenvalue weighted by molar-refractivity contribution is 7.99. The molecule has 1 aromatic carbocycles. The molecule has 1 aliphatic rings. The van der Waals surface area contributed by atoms with Crippen molar-refractivity contribution in [3.8, 4) is 0 Å². The highest BCUT2D eigenvalue weighted by atomic mass is 32.2. The van der Waals surface area contributed by atoms with E-state index in [1.807, 2.05) is 12.1 Å². The lowest BCUT2D eigenvalue weighted by Crippen LogP contribution is -2.30. The first kappa shape index (κ1) is 11.0. The Bertz CT molecular complexity index is 310. The van der Waals surface area contributed by atoms with Gasteiger partial charge in [0.05, 0.1) is 0 Å². The second kappa shape index (κ2) is 5.52. The molecule has 0 aliphatic carbocycles. The van der Waals surface area contributed by atoms with E-state index in [-0.39, 0.29) is 5.82 Å². The van der Waals surface area contributed by atoms with Gasteiger partial charge in [-0.15, -0.1) is 11.8 Å². The molecule has 3 heteroatoms. The number of thioether (sulfide) groups is 1. The summed E-state index contributed by atoms with van der Waals surface area (Å²) in [7, 11) is 0. The molecule has 1 saturated heterocycles. The van der Waals surface area contributed by atoms with Crippen LogP contribution < -0.4 is 5.32 Å². The smallest absolute Gasteiger partial charge is 0.136 e. The van der Waals surface area contributed by atoms with Crippen LogP contribution in [0.1, 0.15) is 12.8 Å². The number of piperidine rings is 1. The van der Waals surface area contributed by atoms with Crippen LogP contribution >= 0.6 is 11.8 Å². The summed E-state index contributed by atoms with van der Waals surface area (Å²) in [6.07, 6.45) is 2.52. The van der Waals surface area contributed by atoms with Crippen LogP contribution in [0.25, 0.3) is 0 Å². The maximum absolute atomic E-state index is 13.3. The molecule has 1 atom stereocenters. The van der Waals surface area contributed by atoms with E-state index in [0.717, 1.165) is 23.7 Å². The molecule has 1 N–H and O–H groups in total. The van der Waals surface area contributed by atoms with E-state index < -0.39 is 0 Å². The minimum Gasteiger partial charge on any atom is -0.316 e. The monoisotopic (exact) mass is 225 g/mol. The first-order chi connectivity index (χ1) is 7.36. The molecule has 1 heterocycles. The van der Waals surface area contributed by atoms with E-state index in [0.29, 0.717) is 5.92 Å². The fourth-order valence-corrected chi connectivity index (χ4v) is 2.92. The van der Waals surface area contributed by atoms with E-state index in [4.69, 9.17) is 0 Å². The van der Waals surface area contributed by atoms with Crippen molar-refractivity contribution in [1.82, 2.24) is 5.32 Å². The van der Waals surface area contributed by atoms with Gasteiger partial charge in [0.1, 0.15) is 5.82 Å². The number of halogens is 1. The molecular formula is C12H16FNS. The first-order valence-electron chi connectivity index (χ1n) is 5.44. The van der Waals surface area contributed by atoms with Gasteiger partial charge in [-0.3, -0.25) is 0 Å². The second-order valence-electron chi connectivity index (χ2n) is 3.95. The fourth-order valence-electron chi connectivity index (χ4n) is 1.84. The molecule has 1 aromatic rings. The van der Waals surface area contributed by atoms with Crippen LogP contribution in [0.4, 0.5) is 4.39 Å². The minimum absolute atomic E-state index is 0.0914. The molecule has 0 amide bonds. The number of hydrogen-bond donors (Lipinski definition) is 1. The average Bonchev–Trinajstić information content (AvgIpc) is 2.29. The van der Waals surface area contributed by atoms with Crippen LogP contribution in [-0.4, -0.2) is 18.8 Å². The number of benzene rings is 1. The number of hydrogen-bond acceptors (Lipinski definition) is 2. The Labute approximate surface area is 94.5 Å². The zero-order valence-corrected chi connectivity index (χ0v) is 9.52. The summed E-state index contributed by atoms with van der Waals surface area (Å²) in [4.78, 5) is 0.781. The van der Waals surface area contributed by atoms with Gasteiger partial charge in [0.25, 0.3) is 0 Å². The molecule has 1 unspecified atom stereocenters. The van der Waals surface area contributed by atoms with Crippen LogP contribution in [-0.2, 0) is 0 Å². The zero-order valence-electron chi connectivity index (χ0n) is 8.71. The SMILES string of the molecule is Fc1ccccc1SCC1CCCNC1. The minimum atomic E-state index is -0.0914. The third-order valence-corrected chi connectivity index (χ3v) is 3.99. The van der Waals surface area contributed by atoms with Gasteiger partial charge >= 0.3 is 0 Å². The maximum Gasteiger partial charge on any atom is 0.136 e. The van der Waals surface area contributed by atoms with Crippen molar-refractivity contribution in [3.05, 3.63) is 30.1 Å². The van der Waals surface area contributed by atoms with Gasteiger partial charge < -0.3 is 5.32 Å². The van der Waals surface area contributed by atoms with E-state index >= 15 is 0 Å². The summed E-state index contributed by atoms with van der Waals surface area (Å²) < 4.78 is 13.3. The lowest BCUT2D eigenvalue weighted by atomic mass is 10.0. The Kier molecular flexibility index (Phi) is 4.03. The third-order valence-electron chi connectivity index (χ3n) is 2.71. The van der Waals surface area contributed by atoms with E-state index in [1.165, 1.54) is 18.9 Å². The molecular weight excluding hydrogens is 209 g/mol. The normalized spacial score (nSPS) is 21.5. The number of rotatable bonds is 3. The Morgan fingerprint density at radius 3 is 3.00 bits per heavy atom. The van der Waals surface area contributed by atoms with Gasteiger partial charge in [-0.2, -0.15) is 0 Å². The van der Waals surface area contributed by atoms with E-state index in [2.05, 4.69) is 5.32 Å². The molecule has 82 valence electrons. The highest BCUT2D eigenvalue weighted by Gasteiger charge is 2.13. The summed E-state index contributed by atoms with van der Waals surface area (Å²) in [6, 6.07) is 7.02. The van der Waals surface area contributed by atoms with Gasteiger partial charge in [0.2, 0.25) is 0 Å². The molecule has 1 aliphatic heterocycles. The molecule has 1 nitrogen and oxygen atoms in total. The molecule has 1 fully saturated rings. The average molecular weight is 225 g/mol. The molecule has 15 heavy (non-hydrogen) atoms. The summed E-state index contributed by atoms with van der Waals surface area (Å²) in [6.45, 7) is 2.22. The first-order valence-corrected chi connectivity index (χ1v) is 6.43. The van der Waals surface area contributed by atoms with Crippen molar-refractivity contribution in [2.24, 2.45) is 5.92 Å². The molecule has 0 spiro atoms. The Balaban J connectivity index is 1.84. The molecule has 0 saturated carbocycles. The van der Waals surface area contributed by atoms with Gasteiger partial charge in [-0.05, 0) is 44.0 Å². The predicted molar refractivity (Wildman–Crippen MR) is 62.7 cm³/mol. The highest BCUT2D eigenvalue weighted by Crippen LogP contribution is 2.25. The zero-order chi connectivity index (χ0) is 10.5. The van der Waals surface area contributed by atoms with Crippen molar-refractivity contribution in [3.63, 3.8) is 0 Å². The van der Waals surface area contributed by atoms with Crippen molar-refractivity contribution < 1.29 is 4.39 Å². The van der Waals surface area contributed by atoms with Crippen molar-refractivity contribution >= 4 is 11.8 Å². The lowest BCUT2D eigenvalue weighted by molar-refractivity contribution is 0.410. The Morgan fingerprint density at radius 2 is 2.27 bits per heavy atom. The van der Waals surface area contributed by atoms with E-state index in [1.54, 1.807) is 17.8 Å². The topological polar surface area (TPSA) is 12.0 Å². The molecule has 0 bridgehead atoms. The van der Waals surface area contributed by atoms with Crippen molar-refractivity contribution in [2.45, 2.75) is 17.7 Å². The Hall–Kier alpha value is -0.540. The summed E-state index contributed by atoms with van der Waals surface area (Å²) in [5.41, 5.74) is 0. The maximum atomic E-state index is 13.3. The van der Waals surface area contributed by atoms with Crippen LogP contribution in [0.3, 0.4) is 0 Å². The van der Waals surface area contributed by atoms with Crippen molar-refractivity contribution in [2.75, 3.05) is 18.8 Å². The molecule has 2 rings (SSSR count). The van der Waals surface area contributed by atoms with Crippen LogP contribution in [0.15, 0.2) is 29.2 Å². The summed E-state index contributed by atoms with van der Waals surface area (Å²) in [5, 5.41) is 3.38. The van der Waals surface area contributed by atoms with Crippen LogP contribution in [0, 0.1) is 11.7 Å². The van der Waals surface area contributed by atoms with Gasteiger partial charge in [0.15, 0.2) is 0 Å².